The molecule has 402 valence electrons. The second-order valence-corrected chi connectivity index (χ2v) is 18.8. The van der Waals surface area contributed by atoms with Crippen molar-refractivity contribution in [3.05, 3.63) is 122 Å². The summed E-state index contributed by atoms with van der Waals surface area (Å²) in [6.07, 6.45) is 81.1. The van der Waals surface area contributed by atoms with Crippen LogP contribution in [0.5, 0.6) is 0 Å². The van der Waals surface area contributed by atoms with Crippen molar-refractivity contribution in [1.82, 2.24) is 0 Å². The standard InChI is InChI=1S/C65H106O6/c1-4-7-10-13-15-17-19-21-22-23-24-25-26-27-28-29-30-31-32-33-34-35-36-37-38-39-40-41-42-44-45-47-49-52-55-58-64(67)70-61-62(60-69-63(66)57-54-51-12-9-6-3)71-65(68)59-56-53-50-48-46-43-20-18-16-14-11-8-5-2/h7-8,10-11,15-18,21-22,24-25,27-28,30-31,33-34,43,46,62H,4-6,9,12-14,19-20,23,26,29,32,35-42,44-45,47-61H2,1-3H3/b10-7-,11-8-,17-15-,18-16-,22-21-,25-24-,28-27-,31-30-,34-33-,46-43-. The van der Waals surface area contributed by atoms with Gasteiger partial charge in [-0.1, -0.05) is 245 Å². The SMILES string of the molecule is CC/C=C\C/C=C\C/C=C\C/C=C\C/C=C\C/C=C\C/C=C\CCCCCCCCCCCCCCCC(=O)OCC(COC(=O)CCCCCCC)OC(=O)CCCCC/C=C\C/C=C\C/C=C\CC. The van der Waals surface area contributed by atoms with Gasteiger partial charge in [0, 0.05) is 19.3 Å². The van der Waals surface area contributed by atoms with E-state index in [4.69, 9.17) is 14.2 Å². The molecule has 0 amide bonds. The number of rotatable bonds is 51. The van der Waals surface area contributed by atoms with E-state index in [0.29, 0.717) is 19.3 Å². The molecule has 6 heteroatoms. The van der Waals surface area contributed by atoms with Crippen LogP contribution in [0.4, 0.5) is 0 Å². The molecular formula is C65H106O6. The summed E-state index contributed by atoms with van der Waals surface area (Å²) in [5.74, 6) is -0.939. The second kappa shape index (κ2) is 58.4. The van der Waals surface area contributed by atoms with Gasteiger partial charge in [0.15, 0.2) is 6.10 Å². The molecule has 6 nitrogen and oxygen atoms in total. The first-order valence-electron chi connectivity index (χ1n) is 29.0. The van der Waals surface area contributed by atoms with Crippen LogP contribution in [0, 0.1) is 0 Å². The Morgan fingerprint density at radius 3 is 0.873 bits per heavy atom. The van der Waals surface area contributed by atoms with Crippen LogP contribution in [0.3, 0.4) is 0 Å². The lowest BCUT2D eigenvalue weighted by Gasteiger charge is -2.18. The smallest absolute Gasteiger partial charge is 0.306 e. The maximum atomic E-state index is 12.7. The predicted molar refractivity (Wildman–Crippen MR) is 306 cm³/mol. The number of unbranched alkanes of at least 4 members (excludes halogenated alkanes) is 20. The van der Waals surface area contributed by atoms with Gasteiger partial charge in [-0.15, -0.1) is 0 Å². The summed E-state index contributed by atoms with van der Waals surface area (Å²) in [5, 5.41) is 0. The molecule has 0 saturated heterocycles. The minimum atomic E-state index is -0.790. The quantitative estimate of drug-likeness (QED) is 0.0261. The lowest BCUT2D eigenvalue weighted by atomic mass is 10.0. The molecule has 0 fully saturated rings. The van der Waals surface area contributed by atoms with Crippen molar-refractivity contribution in [3.8, 4) is 0 Å². The molecule has 0 saturated carbocycles. The third-order valence-corrected chi connectivity index (χ3v) is 12.0. The maximum absolute atomic E-state index is 12.7. The van der Waals surface area contributed by atoms with E-state index in [9.17, 15) is 14.4 Å². The number of carbonyl (C=O) groups excluding carboxylic acids is 3. The molecule has 0 aromatic rings. The van der Waals surface area contributed by atoms with E-state index in [1.807, 2.05) is 0 Å². The Hall–Kier alpha value is -4.19. The monoisotopic (exact) mass is 983 g/mol. The molecule has 0 heterocycles. The molecule has 0 aliphatic heterocycles. The lowest BCUT2D eigenvalue weighted by Crippen LogP contribution is -2.30. The van der Waals surface area contributed by atoms with E-state index in [0.717, 1.165) is 135 Å². The second-order valence-electron chi connectivity index (χ2n) is 18.8. The van der Waals surface area contributed by atoms with Crippen LogP contribution in [0.2, 0.25) is 0 Å². The molecule has 0 N–H and O–H groups in total. The van der Waals surface area contributed by atoms with Gasteiger partial charge in [0.2, 0.25) is 0 Å². The van der Waals surface area contributed by atoms with Gasteiger partial charge in [0.05, 0.1) is 0 Å². The lowest BCUT2D eigenvalue weighted by molar-refractivity contribution is -0.167. The Labute approximate surface area is 437 Å². The largest absolute Gasteiger partial charge is 0.462 e. The van der Waals surface area contributed by atoms with Gasteiger partial charge in [-0.25, -0.2) is 0 Å². The summed E-state index contributed by atoms with van der Waals surface area (Å²) >= 11 is 0. The summed E-state index contributed by atoms with van der Waals surface area (Å²) in [4.78, 5) is 37.7. The third-order valence-electron chi connectivity index (χ3n) is 12.0. The molecule has 0 spiro atoms. The van der Waals surface area contributed by atoms with E-state index < -0.39 is 6.10 Å². The van der Waals surface area contributed by atoms with Gasteiger partial charge >= 0.3 is 17.9 Å². The highest BCUT2D eigenvalue weighted by atomic mass is 16.6. The number of hydrogen-bond donors (Lipinski definition) is 0. The van der Waals surface area contributed by atoms with Crippen molar-refractivity contribution in [2.75, 3.05) is 13.2 Å². The average Bonchev–Trinajstić information content (AvgIpc) is 3.37. The van der Waals surface area contributed by atoms with Crippen molar-refractivity contribution in [2.45, 2.75) is 258 Å². The van der Waals surface area contributed by atoms with E-state index in [1.54, 1.807) is 0 Å². The Kier molecular flexibility index (Phi) is 54.9. The summed E-state index contributed by atoms with van der Waals surface area (Å²) in [5.41, 5.74) is 0. The van der Waals surface area contributed by atoms with Crippen LogP contribution in [0.25, 0.3) is 0 Å². The Bertz CT molecular complexity index is 1500. The minimum Gasteiger partial charge on any atom is -0.462 e. The molecule has 0 aliphatic carbocycles. The van der Waals surface area contributed by atoms with Crippen LogP contribution in [0.15, 0.2) is 122 Å². The highest BCUT2D eigenvalue weighted by molar-refractivity contribution is 5.71. The van der Waals surface area contributed by atoms with E-state index >= 15 is 0 Å². The van der Waals surface area contributed by atoms with Crippen molar-refractivity contribution >= 4 is 17.9 Å². The number of ether oxygens (including phenoxy) is 3. The van der Waals surface area contributed by atoms with E-state index in [2.05, 4.69) is 142 Å². The fourth-order valence-corrected chi connectivity index (χ4v) is 7.67. The van der Waals surface area contributed by atoms with Gasteiger partial charge in [-0.3, -0.25) is 14.4 Å². The van der Waals surface area contributed by atoms with Crippen LogP contribution in [-0.4, -0.2) is 37.2 Å². The van der Waals surface area contributed by atoms with Gasteiger partial charge < -0.3 is 14.2 Å². The van der Waals surface area contributed by atoms with Gasteiger partial charge in [0.1, 0.15) is 13.2 Å². The number of allylic oxidation sites excluding steroid dienone is 20. The predicted octanol–water partition coefficient (Wildman–Crippen LogP) is 19.6. The van der Waals surface area contributed by atoms with E-state index in [-0.39, 0.29) is 31.1 Å². The zero-order chi connectivity index (χ0) is 51.4. The van der Waals surface area contributed by atoms with Crippen molar-refractivity contribution < 1.29 is 28.6 Å². The minimum absolute atomic E-state index is 0.0911. The van der Waals surface area contributed by atoms with E-state index in [1.165, 1.54) is 77.0 Å². The van der Waals surface area contributed by atoms with Crippen LogP contribution >= 0.6 is 0 Å². The Morgan fingerprint density at radius 2 is 0.549 bits per heavy atom. The van der Waals surface area contributed by atoms with Crippen molar-refractivity contribution in [1.29, 1.82) is 0 Å². The Balaban J connectivity index is 3.99. The number of esters is 3. The number of hydrogen-bond acceptors (Lipinski definition) is 6. The molecule has 0 aliphatic rings. The first-order chi connectivity index (χ1) is 35.0. The number of carbonyl (C=O) groups is 3. The zero-order valence-corrected chi connectivity index (χ0v) is 45.9. The molecular weight excluding hydrogens is 877 g/mol. The summed E-state index contributed by atoms with van der Waals surface area (Å²) < 4.78 is 16.6. The highest BCUT2D eigenvalue weighted by Gasteiger charge is 2.19. The molecule has 0 rings (SSSR count). The molecule has 1 unspecified atom stereocenters. The first-order valence-corrected chi connectivity index (χ1v) is 29.0. The topological polar surface area (TPSA) is 78.9 Å². The fourth-order valence-electron chi connectivity index (χ4n) is 7.67. The zero-order valence-electron chi connectivity index (χ0n) is 45.9. The summed E-state index contributed by atoms with van der Waals surface area (Å²) in [6.45, 7) is 6.29. The van der Waals surface area contributed by atoms with Gasteiger partial charge in [-0.05, 0) is 109 Å². The molecule has 0 radical (unpaired) electrons. The summed E-state index contributed by atoms with van der Waals surface area (Å²) in [7, 11) is 0. The molecule has 0 bridgehead atoms. The van der Waals surface area contributed by atoms with Crippen LogP contribution < -0.4 is 0 Å². The Morgan fingerprint density at radius 1 is 0.296 bits per heavy atom. The van der Waals surface area contributed by atoms with Crippen molar-refractivity contribution in [3.63, 3.8) is 0 Å². The summed E-state index contributed by atoms with van der Waals surface area (Å²) in [6, 6.07) is 0. The van der Waals surface area contributed by atoms with Gasteiger partial charge in [0.25, 0.3) is 0 Å². The van der Waals surface area contributed by atoms with Crippen LogP contribution in [0.1, 0.15) is 252 Å². The molecule has 0 aromatic carbocycles. The normalized spacial score (nSPS) is 13.0. The average molecular weight is 984 g/mol. The van der Waals surface area contributed by atoms with Crippen LogP contribution in [-0.2, 0) is 28.6 Å². The molecule has 71 heavy (non-hydrogen) atoms. The molecule has 1 atom stereocenters. The van der Waals surface area contributed by atoms with Crippen molar-refractivity contribution in [2.24, 2.45) is 0 Å². The third kappa shape index (κ3) is 56.6. The van der Waals surface area contributed by atoms with Gasteiger partial charge in [-0.2, -0.15) is 0 Å². The highest BCUT2D eigenvalue weighted by Crippen LogP contribution is 2.15. The first kappa shape index (κ1) is 66.8. The maximum Gasteiger partial charge on any atom is 0.306 e. The fraction of sp³-hybridized carbons (Fsp3) is 0.646. The molecule has 0 aromatic heterocycles.